The molecule has 0 spiro atoms. The zero-order valence-corrected chi connectivity index (χ0v) is 17.7. The second kappa shape index (κ2) is 8.21. The zero-order valence-electron chi connectivity index (χ0n) is 16.9. The van der Waals surface area contributed by atoms with Gasteiger partial charge in [0.05, 0.1) is 11.3 Å². The lowest BCUT2D eigenvalue weighted by atomic mass is 9.87. The van der Waals surface area contributed by atoms with Crippen LogP contribution in [0.25, 0.3) is 11.3 Å². The number of hydrogen-bond donors (Lipinski definition) is 2. The van der Waals surface area contributed by atoms with E-state index in [2.05, 4.69) is 58.5 Å². The van der Waals surface area contributed by atoms with Crippen molar-refractivity contribution in [3.8, 4) is 22.9 Å². The number of thiazole rings is 1. The molecule has 0 fully saturated rings. The molecule has 0 saturated heterocycles. The summed E-state index contributed by atoms with van der Waals surface area (Å²) in [6.07, 6.45) is 2.79. The smallest absolute Gasteiger partial charge is 0.228 e. The third kappa shape index (κ3) is 4.74. The molecular weight excluding hydrogens is 382 g/mol. The number of aromatic nitrogens is 2. The molecule has 0 amide bonds. The van der Waals surface area contributed by atoms with E-state index in [1.807, 2.05) is 29.6 Å². The number of aliphatic imine (C=N–C) groups is 1. The minimum Gasteiger partial charge on any atom is -0.438 e. The first kappa shape index (κ1) is 19.4. The first-order valence-electron chi connectivity index (χ1n) is 9.74. The van der Waals surface area contributed by atoms with Crippen LogP contribution in [0.1, 0.15) is 32.8 Å². The second-order valence-electron chi connectivity index (χ2n) is 7.91. The molecule has 1 aliphatic heterocycles. The van der Waals surface area contributed by atoms with E-state index >= 15 is 0 Å². The van der Waals surface area contributed by atoms with Crippen LogP contribution in [0.15, 0.2) is 53.0 Å². The third-order valence-electron chi connectivity index (χ3n) is 4.61. The highest BCUT2D eigenvalue weighted by molar-refractivity contribution is 7.14. The summed E-state index contributed by atoms with van der Waals surface area (Å²) in [4.78, 5) is 13.6. The topological polar surface area (TPSA) is 71.4 Å². The van der Waals surface area contributed by atoms with E-state index in [4.69, 9.17) is 4.74 Å². The normalized spacial score (nSPS) is 14.1. The fraction of sp³-hybridized carbons (Fsp3) is 0.318. The third-order valence-corrected chi connectivity index (χ3v) is 5.37. The lowest BCUT2D eigenvalue weighted by Gasteiger charge is -2.19. The van der Waals surface area contributed by atoms with Gasteiger partial charge in [0, 0.05) is 24.7 Å². The van der Waals surface area contributed by atoms with Crippen molar-refractivity contribution in [2.45, 2.75) is 32.6 Å². The molecule has 0 saturated carbocycles. The monoisotopic (exact) mass is 407 g/mol. The lowest BCUT2D eigenvalue weighted by molar-refractivity contribution is 0.464. The van der Waals surface area contributed by atoms with Crippen LogP contribution >= 0.6 is 11.3 Å². The summed E-state index contributed by atoms with van der Waals surface area (Å²) in [6, 6.07) is 12.0. The van der Waals surface area contributed by atoms with E-state index in [9.17, 15) is 0 Å². The van der Waals surface area contributed by atoms with Crippen LogP contribution < -0.4 is 15.4 Å². The molecule has 0 aliphatic carbocycles. The van der Waals surface area contributed by atoms with E-state index in [0.29, 0.717) is 5.88 Å². The molecule has 6 nitrogen and oxygen atoms in total. The van der Waals surface area contributed by atoms with Crippen molar-refractivity contribution in [2.24, 2.45) is 4.99 Å². The average molecular weight is 408 g/mol. The van der Waals surface area contributed by atoms with Gasteiger partial charge in [0.25, 0.3) is 0 Å². The highest BCUT2D eigenvalue weighted by atomic mass is 32.1. The maximum atomic E-state index is 6.09. The summed E-state index contributed by atoms with van der Waals surface area (Å²) in [5, 5.41) is 9.28. The maximum Gasteiger partial charge on any atom is 0.228 e. The molecule has 2 N–H and O–H groups in total. The summed E-state index contributed by atoms with van der Waals surface area (Å²) < 4.78 is 6.09. The molecule has 1 aromatic carbocycles. The Hall–Kier alpha value is -2.93. The van der Waals surface area contributed by atoms with Crippen LogP contribution in [-0.4, -0.2) is 29.0 Å². The van der Waals surface area contributed by atoms with E-state index in [1.165, 1.54) is 16.9 Å². The van der Waals surface area contributed by atoms with Gasteiger partial charge in [-0.3, -0.25) is 4.99 Å². The van der Waals surface area contributed by atoms with E-state index in [-0.39, 0.29) is 5.41 Å². The van der Waals surface area contributed by atoms with Gasteiger partial charge in [-0.1, -0.05) is 32.9 Å². The van der Waals surface area contributed by atoms with Crippen LogP contribution in [0.2, 0.25) is 0 Å². The molecule has 0 atom stereocenters. The van der Waals surface area contributed by atoms with Gasteiger partial charge in [-0.05, 0) is 41.7 Å². The summed E-state index contributed by atoms with van der Waals surface area (Å²) in [7, 11) is 0. The van der Waals surface area contributed by atoms with Crippen molar-refractivity contribution in [3.63, 3.8) is 0 Å². The maximum absolute atomic E-state index is 6.09. The number of hydrogen-bond acceptors (Lipinski definition) is 7. The number of nitrogens with one attached hydrogen (secondary N) is 2. The summed E-state index contributed by atoms with van der Waals surface area (Å²) >= 11 is 1.53. The fourth-order valence-corrected chi connectivity index (χ4v) is 3.68. The number of ether oxygens (including phenoxy) is 1. The van der Waals surface area contributed by atoms with E-state index in [0.717, 1.165) is 47.6 Å². The van der Waals surface area contributed by atoms with Gasteiger partial charge in [-0.2, -0.15) is 0 Å². The van der Waals surface area contributed by atoms with Crippen molar-refractivity contribution >= 4 is 22.4 Å². The van der Waals surface area contributed by atoms with Crippen LogP contribution in [0.5, 0.6) is 11.6 Å². The van der Waals surface area contributed by atoms with E-state index < -0.39 is 0 Å². The Morgan fingerprint density at radius 2 is 1.97 bits per heavy atom. The molecule has 3 aromatic rings. The zero-order chi connectivity index (χ0) is 20.3. The molecular formula is C22H25N5OS. The number of anilines is 1. The van der Waals surface area contributed by atoms with Gasteiger partial charge in [0.2, 0.25) is 5.88 Å². The largest absolute Gasteiger partial charge is 0.438 e. The number of guanidine groups is 1. The Kier molecular flexibility index (Phi) is 5.49. The molecule has 3 heterocycles. The average Bonchev–Trinajstić information content (AvgIpc) is 3.17. The molecule has 150 valence electrons. The standard InChI is InChI=1S/C22H25N5OS/c1-22(2,3)15-7-9-16(10-8-15)28-19-17(6-4-11-23-19)18-14-29-21(26-18)27-20-24-12-5-13-25-20/h4,6-11,14H,5,12-13H2,1-3H3,(H2,24,25,26,27). The molecule has 0 radical (unpaired) electrons. The predicted molar refractivity (Wildman–Crippen MR) is 119 cm³/mol. The van der Waals surface area contributed by atoms with Gasteiger partial charge in [-0.15, -0.1) is 11.3 Å². The van der Waals surface area contributed by atoms with Gasteiger partial charge in [0.1, 0.15) is 5.75 Å². The van der Waals surface area contributed by atoms with Gasteiger partial charge in [-0.25, -0.2) is 9.97 Å². The number of pyridine rings is 1. The van der Waals surface area contributed by atoms with Gasteiger partial charge >= 0.3 is 0 Å². The van der Waals surface area contributed by atoms with Crippen LogP contribution in [-0.2, 0) is 5.41 Å². The minimum atomic E-state index is 0.107. The van der Waals surface area contributed by atoms with Crippen molar-refractivity contribution < 1.29 is 4.74 Å². The summed E-state index contributed by atoms with van der Waals surface area (Å²) in [6.45, 7) is 8.35. The van der Waals surface area contributed by atoms with Crippen LogP contribution in [0.3, 0.4) is 0 Å². The SMILES string of the molecule is CC(C)(C)c1ccc(Oc2ncccc2-c2csc(NC3=NCCCN3)n2)cc1. The van der Waals surface area contributed by atoms with E-state index in [1.54, 1.807) is 6.20 Å². The molecule has 29 heavy (non-hydrogen) atoms. The lowest BCUT2D eigenvalue weighted by Crippen LogP contribution is -2.35. The highest BCUT2D eigenvalue weighted by Crippen LogP contribution is 2.34. The predicted octanol–water partition coefficient (Wildman–Crippen LogP) is 5.06. The highest BCUT2D eigenvalue weighted by Gasteiger charge is 2.15. The number of benzene rings is 1. The van der Waals surface area contributed by atoms with Crippen molar-refractivity contribution in [3.05, 3.63) is 53.5 Å². The Bertz CT molecular complexity index is 1000. The molecule has 0 unspecified atom stereocenters. The minimum absolute atomic E-state index is 0.107. The number of nitrogens with zero attached hydrogens (tertiary/aromatic N) is 3. The Morgan fingerprint density at radius 1 is 1.14 bits per heavy atom. The van der Waals surface area contributed by atoms with Crippen molar-refractivity contribution in [2.75, 3.05) is 18.4 Å². The number of rotatable bonds is 4. The van der Waals surface area contributed by atoms with Crippen LogP contribution in [0.4, 0.5) is 5.13 Å². The summed E-state index contributed by atoms with van der Waals surface area (Å²) in [5.74, 6) is 2.08. The molecule has 1 aliphatic rings. The Labute approximate surface area is 175 Å². The quantitative estimate of drug-likeness (QED) is 0.633. The Morgan fingerprint density at radius 3 is 2.69 bits per heavy atom. The molecule has 2 aromatic heterocycles. The first-order chi connectivity index (χ1) is 14.0. The van der Waals surface area contributed by atoms with Crippen LogP contribution in [0, 0.1) is 0 Å². The molecule has 7 heteroatoms. The Balaban J connectivity index is 1.53. The second-order valence-corrected chi connectivity index (χ2v) is 8.76. The van der Waals surface area contributed by atoms with Crippen molar-refractivity contribution in [1.29, 1.82) is 0 Å². The van der Waals surface area contributed by atoms with Gasteiger partial charge in [0.15, 0.2) is 11.1 Å². The molecule has 0 bridgehead atoms. The van der Waals surface area contributed by atoms with Crippen molar-refractivity contribution in [1.82, 2.24) is 15.3 Å². The molecule has 4 rings (SSSR count). The van der Waals surface area contributed by atoms with Gasteiger partial charge < -0.3 is 15.4 Å². The first-order valence-corrected chi connectivity index (χ1v) is 10.6. The summed E-state index contributed by atoms with van der Waals surface area (Å²) in [5.41, 5.74) is 3.05. The fourth-order valence-electron chi connectivity index (χ4n) is 2.97.